The molecule has 18 heavy (non-hydrogen) atoms. The molecule has 0 aliphatic rings. The summed E-state index contributed by atoms with van der Waals surface area (Å²) in [5.74, 6) is 0.320. The molecule has 4 nitrogen and oxygen atoms in total. The lowest BCUT2D eigenvalue weighted by atomic mass is 10.1. The first-order valence-electron chi connectivity index (χ1n) is 6.33. The van der Waals surface area contributed by atoms with Crippen molar-refractivity contribution in [3.63, 3.8) is 0 Å². The standard InChI is InChI=1S/C14H22N2O2/c1-11(9-15)7-8-14(18)16-10-13(17)12-5-3-2-4-6-12/h2-6,11,13,17H,7-10,15H2,1H3,(H,16,18). The number of nitrogens with one attached hydrogen (secondary N) is 1. The molecule has 4 heteroatoms. The molecular weight excluding hydrogens is 228 g/mol. The molecule has 0 fully saturated rings. The van der Waals surface area contributed by atoms with Gasteiger partial charge in [-0.05, 0) is 24.4 Å². The quantitative estimate of drug-likeness (QED) is 0.681. The maximum absolute atomic E-state index is 11.5. The summed E-state index contributed by atoms with van der Waals surface area (Å²) in [6.07, 6.45) is 0.589. The summed E-state index contributed by atoms with van der Waals surface area (Å²) in [6.45, 7) is 2.87. The van der Waals surface area contributed by atoms with Crippen molar-refractivity contribution in [2.45, 2.75) is 25.9 Å². The van der Waals surface area contributed by atoms with Gasteiger partial charge in [0.25, 0.3) is 0 Å². The van der Waals surface area contributed by atoms with Gasteiger partial charge in [-0.1, -0.05) is 37.3 Å². The molecule has 1 amide bonds. The molecule has 0 heterocycles. The van der Waals surface area contributed by atoms with E-state index in [0.717, 1.165) is 12.0 Å². The zero-order chi connectivity index (χ0) is 13.4. The van der Waals surface area contributed by atoms with Gasteiger partial charge >= 0.3 is 0 Å². The van der Waals surface area contributed by atoms with Crippen molar-refractivity contribution in [2.24, 2.45) is 11.7 Å². The van der Waals surface area contributed by atoms with Crippen LogP contribution in [0.2, 0.25) is 0 Å². The second kappa shape index (κ2) is 7.84. The summed E-state index contributed by atoms with van der Waals surface area (Å²) < 4.78 is 0. The van der Waals surface area contributed by atoms with Crippen LogP contribution >= 0.6 is 0 Å². The number of amides is 1. The van der Waals surface area contributed by atoms with Crippen LogP contribution in [0.1, 0.15) is 31.4 Å². The SMILES string of the molecule is CC(CN)CCC(=O)NCC(O)c1ccccc1. The van der Waals surface area contributed by atoms with Crippen molar-refractivity contribution in [3.8, 4) is 0 Å². The molecule has 0 spiro atoms. The third kappa shape index (κ3) is 5.29. The first kappa shape index (κ1) is 14.7. The second-order valence-electron chi connectivity index (χ2n) is 4.61. The van der Waals surface area contributed by atoms with Crippen LogP contribution in [0.4, 0.5) is 0 Å². The van der Waals surface area contributed by atoms with Crippen LogP contribution in [-0.2, 0) is 4.79 Å². The van der Waals surface area contributed by atoms with Crippen molar-refractivity contribution >= 4 is 5.91 Å². The van der Waals surface area contributed by atoms with E-state index >= 15 is 0 Å². The van der Waals surface area contributed by atoms with Crippen LogP contribution in [0.3, 0.4) is 0 Å². The number of hydrogen-bond donors (Lipinski definition) is 3. The van der Waals surface area contributed by atoms with Gasteiger partial charge in [-0.3, -0.25) is 4.79 Å². The van der Waals surface area contributed by atoms with Crippen molar-refractivity contribution in [1.29, 1.82) is 0 Å². The van der Waals surface area contributed by atoms with Crippen LogP contribution in [-0.4, -0.2) is 24.1 Å². The van der Waals surface area contributed by atoms with Crippen LogP contribution in [0.5, 0.6) is 0 Å². The molecule has 1 rings (SSSR count). The number of carbonyl (C=O) groups is 1. The number of aliphatic hydroxyl groups is 1. The van der Waals surface area contributed by atoms with E-state index in [9.17, 15) is 9.90 Å². The summed E-state index contributed by atoms with van der Waals surface area (Å²) in [7, 11) is 0. The molecule has 0 aliphatic heterocycles. The first-order valence-corrected chi connectivity index (χ1v) is 6.33. The Labute approximate surface area is 108 Å². The highest BCUT2D eigenvalue weighted by Gasteiger charge is 2.09. The third-order valence-corrected chi connectivity index (χ3v) is 2.94. The minimum atomic E-state index is -0.651. The Bertz CT molecular complexity index is 354. The Hall–Kier alpha value is -1.39. The smallest absolute Gasteiger partial charge is 0.220 e. The van der Waals surface area contributed by atoms with Crippen LogP contribution in [0, 0.1) is 5.92 Å². The minimum Gasteiger partial charge on any atom is -0.387 e. The Morgan fingerprint density at radius 2 is 2.06 bits per heavy atom. The maximum Gasteiger partial charge on any atom is 0.220 e. The molecule has 0 saturated carbocycles. The molecule has 100 valence electrons. The van der Waals surface area contributed by atoms with Gasteiger partial charge in [-0.2, -0.15) is 0 Å². The van der Waals surface area contributed by atoms with Gasteiger partial charge in [0, 0.05) is 13.0 Å². The van der Waals surface area contributed by atoms with Gasteiger partial charge in [-0.25, -0.2) is 0 Å². The van der Waals surface area contributed by atoms with E-state index in [4.69, 9.17) is 5.73 Å². The number of aliphatic hydroxyl groups excluding tert-OH is 1. The highest BCUT2D eigenvalue weighted by Crippen LogP contribution is 2.10. The average Bonchev–Trinajstić information content (AvgIpc) is 2.42. The summed E-state index contributed by atoms with van der Waals surface area (Å²) in [4.78, 5) is 11.5. The average molecular weight is 250 g/mol. The third-order valence-electron chi connectivity index (χ3n) is 2.94. The highest BCUT2D eigenvalue weighted by atomic mass is 16.3. The van der Waals surface area contributed by atoms with E-state index in [1.807, 2.05) is 37.3 Å². The number of hydrogen-bond acceptors (Lipinski definition) is 3. The van der Waals surface area contributed by atoms with E-state index < -0.39 is 6.10 Å². The Morgan fingerprint density at radius 3 is 2.67 bits per heavy atom. The van der Waals surface area contributed by atoms with Gasteiger partial charge in [-0.15, -0.1) is 0 Å². The Balaban J connectivity index is 2.26. The molecule has 0 bridgehead atoms. The summed E-state index contributed by atoms with van der Waals surface area (Å²) in [5, 5.41) is 12.6. The number of nitrogens with two attached hydrogens (primary N) is 1. The van der Waals surface area contributed by atoms with Crippen molar-refractivity contribution in [3.05, 3.63) is 35.9 Å². The molecule has 0 saturated heterocycles. The summed E-state index contributed by atoms with van der Waals surface area (Å²) in [5.41, 5.74) is 6.30. The highest BCUT2D eigenvalue weighted by molar-refractivity contribution is 5.75. The monoisotopic (exact) mass is 250 g/mol. The first-order chi connectivity index (χ1) is 8.63. The zero-order valence-corrected chi connectivity index (χ0v) is 10.8. The molecule has 0 aliphatic carbocycles. The lowest BCUT2D eigenvalue weighted by Gasteiger charge is -2.13. The van der Waals surface area contributed by atoms with Crippen LogP contribution < -0.4 is 11.1 Å². The van der Waals surface area contributed by atoms with Gasteiger partial charge < -0.3 is 16.2 Å². The van der Waals surface area contributed by atoms with Gasteiger partial charge in [0.15, 0.2) is 0 Å². The fourth-order valence-electron chi connectivity index (χ4n) is 1.59. The largest absolute Gasteiger partial charge is 0.387 e. The fourth-order valence-corrected chi connectivity index (χ4v) is 1.59. The lowest BCUT2D eigenvalue weighted by molar-refractivity contribution is -0.121. The van der Waals surface area contributed by atoms with E-state index in [2.05, 4.69) is 5.32 Å². The van der Waals surface area contributed by atoms with Gasteiger partial charge in [0.1, 0.15) is 0 Å². The number of carbonyl (C=O) groups excluding carboxylic acids is 1. The Kier molecular flexibility index (Phi) is 6.39. The molecule has 0 aromatic heterocycles. The Morgan fingerprint density at radius 1 is 1.39 bits per heavy atom. The molecular formula is C14H22N2O2. The zero-order valence-electron chi connectivity index (χ0n) is 10.8. The second-order valence-corrected chi connectivity index (χ2v) is 4.61. The molecule has 0 radical (unpaired) electrons. The predicted molar refractivity (Wildman–Crippen MR) is 71.9 cm³/mol. The summed E-state index contributed by atoms with van der Waals surface area (Å²) >= 11 is 0. The molecule has 2 atom stereocenters. The van der Waals surface area contributed by atoms with E-state index in [1.54, 1.807) is 0 Å². The predicted octanol–water partition coefficient (Wildman–Crippen LogP) is 1.21. The normalized spacial score (nSPS) is 13.9. The van der Waals surface area contributed by atoms with Crippen molar-refractivity contribution < 1.29 is 9.90 Å². The van der Waals surface area contributed by atoms with Crippen molar-refractivity contribution in [2.75, 3.05) is 13.1 Å². The van der Waals surface area contributed by atoms with E-state index in [1.165, 1.54) is 0 Å². The van der Waals surface area contributed by atoms with E-state index in [0.29, 0.717) is 18.9 Å². The number of rotatable bonds is 7. The van der Waals surface area contributed by atoms with Crippen LogP contribution in [0.25, 0.3) is 0 Å². The fraction of sp³-hybridized carbons (Fsp3) is 0.500. The molecule has 4 N–H and O–H groups in total. The molecule has 1 aromatic rings. The summed E-state index contributed by atoms with van der Waals surface area (Å²) in [6, 6.07) is 9.30. The topological polar surface area (TPSA) is 75.4 Å². The maximum atomic E-state index is 11.5. The number of benzene rings is 1. The van der Waals surface area contributed by atoms with E-state index in [-0.39, 0.29) is 12.5 Å². The lowest BCUT2D eigenvalue weighted by Crippen LogP contribution is -2.28. The molecule has 1 aromatic carbocycles. The van der Waals surface area contributed by atoms with Crippen LogP contribution in [0.15, 0.2) is 30.3 Å². The van der Waals surface area contributed by atoms with Crippen molar-refractivity contribution in [1.82, 2.24) is 5.32 Å². The molecule has 2 unspecified atom stereocenters. The minimum absolute atomic E-state index is 0.0368. The van der Waals surface area contributed by atoms with Gasteiger partial charge in [0.05, 0.1) is 6.10 Å². The van der Waals surface area contributed by atoms with Gasteiger partial charge in [0.2, 0.25) is 5.91 Å².